The average molecular weight is 297 g/mol. The second kappa shape index (κ2) is 7.73. The van der Waals surface area contributed by atoms with Crippen LogP contribution in [-0.2, 0) is 9.53 Å². The summed E-state index contributed by atoms with van der Waals surface area (Å²) in [7, 11) is 1.24. The largest absolute Gasteiger partial charge is 0.490 e. The number of rotatable bonds is 8. The molecule has 0 aliphatic carbocycles. The molecule has 0 radical (unpaired) electrons. The lowest BCUT2D eigenvalue weighted by atomic mass is 10.1. The number of nitrogens with one attached hydrogen (secondary N) is 1. The molecule has 0 saturated carbocycles. The van der Waals surface area contributed by atoms with Crippen LogP contribution in [0.25, 0.3) is 0 Å². The first-order valence-corrected chi connectivity index (χ1v) is 6.89. The molecule has 0 bridgehead atoms. The molecular weight excluding hydrogens is 274 g/mol. The van der Waals surface area contributed by atoms with Crippen molar-refractivity contribution in [3.05, 3.63) is 18.2 Å². The summed E-state index contributed by atoms with van der Waals surface area (Å²) in [5, 5.41) is 12.9. The molecule has 1 unspecified atom stereocenters. The van der Waals surface area contributed by atoms with Crippen molar-refractivity contribution in [3.8, 4) is 11.5 Å². The van der Waals surface area contributed by atoms with Crippen molar-refractivity contribution < 1.29 is 24.1 Å². The van der Waals surface area contributed by atoms with Gasteiger partial charge in [0.15, 0.2) is 17.1 Å². The van der Waals surface area contributed by atoms with E-state index in [4.69, 9.17) is 9.47 Å². The predicted molar refractivity (Wildman–Crippen MR) is 79.9 cm³/mol. The topological polar surface area (TPSA) is 77.0 Å². The number of aliphatic hydroxyl groups is 1. The fourth-order valence-electron chi connectivity index (χ4n) is 1.73. The molecule has 0 spiro atoms. The molecule has 0 saturated heterocycles. The fraction of sp³-hybridized carbons (Fsp3) is 0.533. The number of hydrogen-bond acceptors (Lipinski definition) is 6. The highest BCUT2D eigenvalue weighted by Crippen LogP contribution is 2.30. The Kier molecular flexibility index (Phi) is 6.30. The third kappa shape index (κ3) is 4.82. The van der Waals surface area contributed by atoms with E-state index in [1.807, 2.05) is 13.8 Å². The Morgan fingerprint density at radius 2 is 1.86 bits per heavy atom. The predicted octanol–water partition coefficient (Wildman–Crippen LogP) is 1.82. The summed E-state index contributed by atoms with van der Waals surface area (Å²) in [6.07, 6.45) is 0. The zero-order chi connectivity index (χ0) is 15.9. The lowest BCUT2D eigenvalue weighted by Crippen LogP contribution is -2.42. The van der Waals surface area contributed by atoms with E-state index in [2.05, 4.69) is 10.1 Å². The maximum Gasteiger partial charge on any atom is 0.339 e. The van der Waals surface area contributed by atoms with Crippen molar-refractivity contribution in [1.82, 2.24) is 0 Å². The van der Waals surface area contributed by atoms with Gasteiger partial charge in [-0.3, -0.25) is 0 Å². The van der Waals surface area contributed by atoms with E-state index in [1.165, 1.54) is 14.0 Å². The van der Waals surface area contributed by atoms with Gasteiger partial charge >= 0.3 is 5.97 Å². The van der Waals surface area contributed by atoms with Crippen molar-refractivity contribution in [3.63, 3.8) is 0 Å². The lowest BCUT2D eigenvalue weighted by Gasteiger charge is -2.21. The van der Waals surface area contributed by atoms with Gasteiger partial charge in [-0.1, -0.05) is 0 Å². The summed E-state index contributed by atoms with van der Waals surface area (Å²) in [6, 6.07) is 5.34. The SMILES string of the molecule is CCOc1ccc(NCC(C)(O)C(=O)OC)cc1OCC. The number of ether oxygens (including phenoxy) is 3. The van der Waals surface area contributed by atoms with Gasteiger partial charge in [0.25, 0.3) is 0 Å². The van der Waals surface area contributed by atoms with E-state index in [1.54, 1.807) is 18.2 Å². The number of carbonyl (C=O) groups excluding carboxylic acids is 1. The Balaban J connectivity index is 2.80. The van der Waals surface area contributed by atoms with Crippen LogP contribution in [-0.4, -0.2) is 43.5 Å². The second-order valence-electron chi connectivity index (χ2n) is 4.65. The molecule has 6 nitrogen and oxygen atoms in total. The molecule has 1 aromatic carbocycles. The van der Waals surface area contributed by atoms with Gasteiger partial charge < -0.3 is 24.6 Å². The molecule has 0 fully saturated rings. The van der Waals surface area contributed by atoms with Gasteiger partial charge in [0, 0.05) is 11.8 Å². The highest BCUT2D eigenvalue weighted by molar-refractivity contribution is 5.79. The van der Waals surface area contributed by atoms with E-state index >= 15 is 0 Å². The molecule has 21 heavy (non-hydrogen) atoms. The maximum atomic E-state index is 11.4. The van der Waals surface area contributed by atoms with E-state index < -0.39 is 11.6 Å². The third-order valence-corrected chi connectivity index (χ3v) is 2.81. The Labute approximate surface area is 125 Å². The van der Waals surface area contributed by atoms with E-state index in [0.717, 1.165) is 0 Å². The van der Waals surface area contributed by atoms with Gasteiger partial charge in [-0.25, -0.2) is 4.79 Å². The number of carbonyl (C=O) groups is 1. The number of hydrogen-bond donors (Lipinski definition) is 2. The third-order valence-electron chi connectivity index (χ3n) is 2.81. The summed E-state index contributed by atoms with van der Waals surface area (Å²) in [5.41, 5.74) is -0.884. The van der Waals surface area contributed by atoms with Crippen LogP contribution < -0.4 is 14.8 Å². The minimum atomic E-state index is -1.60. The summed E-state index contributed by atoms with van der Waals surface area (Å²) < 4.78 is 15.5. The minimum absolute atomic E-state index is 0.0270. The van der Waals surface area contributed by atoms with Crippen molar-refractivity contribution in [1.29, 1.82) is 0 Å². The Morgan fingerprint density at radius 1 is 1.24 bits per heavy atom. The molecule has 0 aliphatic heterocycles. The highest BCUT2D eigenvalue weighted by Gasteiger charge is 2.31. The monoisotopic (exact) mass is 297 g/mol. The first kappa shape index (κ1) is 17.1. The molecule has 6 heteroatoms. The van der Waals surface area contributed by atoms with Crippen LogP contribution in [0.4, 0.5) is 5.69 Å². The van der Waals surface area contributed by atoms with Gasteiger partial charge in [-0.15, -0.1) is 0 Å². The smallest absolute Gasteiger partial charge is 0.339 e. The molecule has 118 valence electrons. The van der Waals surface area contributed by atoms with Crippen molar-refractivity contribution in [2.24, 2.45) is 0 Å². The summed E-state index contributed by atoms with van der Waals surface area (Å²) in [4.78, 5) is 11.4. The van der Waals surface area contributed by atoms with Gasteiger partial charge in [-0.2, -0.15) is 0 Å². The van der Waals surface area contributed by atoms with Crippen LogP contribution in [0.1, 0.15) is 20.8 Å². The lowest BCUT2D eigenvalue weighted by molar-refractivity contribution is -0.158. The van der Waals surface area contributed by atoms with Crippen LogP contribution in [0.15, 0.2) is 18.2 Å². The second-order valence-corrected chi connectivity index (χ2v) is 4.65. The Bertz CT molecular complexity index is 473. The van der Waals surface area contributed by atoms with E-state index in [0.29, 0.717) is 30.4 Å². The van der Waals surface area contributed by atoms with Crippen LogP contribution in [0.2, 0.25) is 0 Å². The number of anilines is 1. The van der Waals surface area contributed by atoms with Crippen LogP contribution in [0.3, 0.4) is 0 Å². The van der Waals surface area contributed by atoms with Gasteiger partial charge in [0.05, 0.1) is 26.9 Å². The number of esters is 1. The zero-order valence-electron chi connectivity index (χ0n) is 12.9. The molecule has 2 N–H and O–H groups in total. The van der Waals surface area contributed by atoms with Crippen LogP contribution >= 0.6 is 0 Å². The molecule has 1 rings (SSSR count). The maximum absolute atomic E-state index is 11.4. The first-order chi connectivity index (χ1) is 9.94. The van der Waals surface area contributed by atoms with Gasteiger partial charge in [0.1, 0.15) is 0 Å². The normalized spacial score (nSPS) is 13.2. The number of benzene rings is 1. The summed E-state index contributed by atoms with van der Waals surface area (Å²) in [5.74, 6) is 0.581. The molecular formula is C15H23NO5. The molecule has 0 amide bonds. The van der Waals surface area contributed by atoms with E-state index in [-0.39, 0.29) is 6.54 Å². The van der Waals surface area contributed by atoms with Gasteiger partial charge in [0.2, 0.25) is 0 Å². The molecule has 1 aromatic rings. The standard InChI is InChI=1S/C15H23NO5/c1-5-20-12-8-7-11(9-13(12)21-6-2)16-10-15(3,18)14(17)19-4/h7-9,16,18H,5-6,10H2,1-4H3. The van der Waals surface area contributed by atoms with E-state index in [9.17, 15) is 9.90 Å². The molecule has 0 aromatic heterocycles. The fourth-order valence-corrected chi connectivity index (χ4v) is 1.73. The average Bonchev–Trinajstić information content (AvgIpc) is 2.47. The minimum Gasteiger partial charge on any atom is -0.490 e. The summed E-state index contributed by atoms with van der Waals surface area (Å²) in [6.45, 7) is 6.27. The molecule has 1 atom stereocenters. The highest BCUT2D eigenvalue weighted by atomic mass is 16.5. The van der Waals surface area contributed by atoms with Crippen molar-refractivity contribution in [2.75, 3.05) is 32.2 Å². The quantitative estimate of drug-likeness (QED) is 0.713. The first-order valence-electron chi connectivity index (χ1n) is 6.89. The Hall–Kier alpha value is -1.95. The zero-order valence-corrected chi connectivity index (χ0v) is 12.9. The molecule has 0 heterocycles. The number of methoxy groups -OCH3 is 1. The van der Waals surface area contributed by atoms with Crippen molar-refractivity contribution in [2.45, 2.75) is 26.4 Å². The molecule has 0 aliphatic rings. The van der Waals surface area contributed by atoms with Crippen LogP contribution in [0.5, 0.6) is 11.5 Å². The van der Waals surface area contributed by atoms with Crippen molar-refractivity contribution >= 4 is 11.7 Å². The van der Waals surface area contributed by atoms with Crippen LogP contribution in [0, 0.1) is 0 Å². The summed E-state index contributed by atoms with van der Waals surface area (Å²) >= 11 is 0. The van der Waals surface area contributed by atoms with Gasteiger partial charge in [-0.05, 0) is 32.9 Å². The Morgan fingerprint density at radius 3 is 2.43 bits per heavy atom.